The van der Waals surface area contributed by atoms with Crippen molar-refractivity contribution >= 4 is 39.8 Å². The first kappa shape index (κ1) is 16.1. The Hall–Kier alpha value is -2.29. The minimum Gasteiger partial charge on any atom is -0.480 e. The number of nitrogens with zero attached hydrogens (tertiary/aromatic N) is 1. The number of amides is 2. The molecule has 1 aliphatic heterocycles. The number of nitrogens with one attached hydrogen (secondary N) is 1. The first-order chi connectivity index (χ1) is 10.4. The molecule has 1 fully saturated rings. The molecule has 0 aromatic heterocycles. The number of hydrogen-bond acceptors (Lipinski definition) is 4. The molecule has 0 bridgehead atoms. The van der Waals surface area contributed by atoms with E-state index in [1.807, 2.05) is 0 Å². The number of likely N-dealkylation sites (tertiary alicyclic amines) is 1. The lowest BCUT2D eigenvalue weighted by molar-refractivity contribution is -0.141. The van der Waals surface area contributed by atoms with Crippen molar-refractivity contribution in [3.63, 3.8) is 0 Å². The highest BCUT2D eigenvalue weighted by Crippen LogP contribution is 2.22. The van der Waals surface area contributed by atoms with Crippen LogP contribution in [0.5, 0.6) is 0 Å². The first-order valence-corrected chi connectivity index (χ1v) is 7.11. The molecule has 1 aromatic rings. The Morgan fingerprint density at radius 1 is 1.32 bits per heavy atom. The highest BCUT2D eigenvalue weighted by Gasteiger charge is 2.41. The van der Waals surface area contributed by atoms with Gasteiger partial charge in [0.1, 0.15) is 12.1 Å². The summed E-state index contributed by atoms with van der Waals surface area (Å²) in [5, 5.41) is 20.4. The van der Waals surface area contributed by atoms with Crippen molar-refractivity contribution in [2.45, 2.75) is 18.6 Å². The molecular formula is C13H13BrN2O6. The van der Waals surface area contributed by atoms with E-state index in [-0.39, 0.29) is 13.0 Å². The molecule has 8 nitrogen and oxygen atoms in total. The van der Waals surface area contributed by atoms with Crippen molar-refractivity contribution in [2.75, 3.05) is 11.9 Å². The second kappa shape index (κ2) is 6.65. The second-order valence-corrected chi connectivity index (χ2v) is 5.60. The molecule has 0 radical (unpaired) electrons. The van der Waals surface area contributed by atoms with Crippen molar-refractivity contribution in [3.05, 3.63) is 28.7 Å². The van der Waals surface area contributed by atoms with E-state index < -0.39 is 30.3 Å². The summed E-state index contributed by atoms with van der Waals surface area (Å²) < 4.78 is 5.85. The standard InChI is InChI=1S/C13H13BrN2O6/c14-7-2-1-3-8(4-7)15-12(19)22-9-5-10(11(17)18)16(6-9)13(20)21/h1-4,9-10H,5-6H2,(H,15,19)(H,17,18)(H,20,21)/t9-,10+/m1/s1. The molecule has 3 N–H and O–H groups in total. The Balaban J connectivity index is 1.95. The summed E-state index contributed by atoms with van der Waals surface area (Å²) in [4.78, 5) is 34.5. The molecule has 9 heteroatoms. The van der Waals surface area contributed by atoms with Crippen molar-refractivity contribution in [1.29, 1.82) is 0 Å². The van der Waals surface area contributed by atoms with Gasteiger partial charge in [0, 0.05) is 16.6 Å². The highest BCUT2D eigenvalue weighted by atomic mass is 79.9. The number of carbonyl (C=O) groups is 3. The van der Waals surface area contributed by atoms with Crippen LogP contribution in [0.25, 0.3) is 0 Å². The number of anilines is 1. The molecule has 118 valence electrons. The summed E-state index contributed by atoms with van der Waals surface area (Å²) in [6.45, 7) is -0.168. The molecule has 0 aliphatic carbocycles. The Morgan fingerprint density at radius 2 is 2.05 bits per heavy atom. The van der Waals surface area contributed by atoms with Crippen LogP contribution in [0.2, 0.25) is 0 Å². The van der Waals surface area contributed by atoms with Crippen LogP contribution in [0.3, 0.4) is 0 Å². The number of carboxylic acid groups (broad SMARTS) is 2. The lowest BCUT2D eigenvalue weighted by atomic mass is 10.2. The largest absolute Gasteiger partial charge is 0.480 e. The molecule has 0 spiro atoms. The Labute approximate surface area is 133 Å². The zero-order valence-corrected chi connectivity index (χ0v) is 12.8. The van der Waals surface area contributed by atoms with Crippen molar-refractivity contribution < 1.29 is 29.3 Å². The van der Waals surface area contributed by atoms with E-state index in [4.69, 9.17) is 14.9 Å². The average Bonchev–Trinajstić information content (AvgIpc) is 2.82. The maximum absolute atomic E-state index is 11.8. The fourth-order valence-corrected chi connectivity index (χ4v) is 2.59. The summed E-state index contributed by atoms with van der Waals surface area (Å²) >= 11 is 3.26. The number of carbonyl (C=O) groups excluding carboxylic acids is 1. The monoisotopic (exact) mass is 372 g/mol. The van der Waals surface area contributed by atoms with Crippen LogP contribution in [-0.2, 0) is 9.53 Å². The topological polar surface area (TPSA) is 116 Å². The molecule has 1 heterocycles. The lowest BCUT2D eigenvalue weighted by Crippen LogP contribution is -2.39. The van der Waals surface area contributed by atoms with Gasteiger partial charge in [-0.05, 0) is 18.2 Å². The van der Waals surface area contributed by atoms with Gasteiger partial charge >= 0.3 is 18.2 Å². The van der Waals surface area contributed by atoms with Crippen LogP contribution >= 0.6 is 15.9 Å². The van der Waals surface area contributed by atoms with E-state index in [2.05, 4.69) is 21.2 Å². The third-order valence-corrected chi connectivity index (χ3v) is 3.63. The number of carboxylic acids is 1. The van der Waals surface area contributed by atoms with E-state index >= 15 is 0 Å². The number of benzene rings is 1. The molecule has 2 atom stereocenters. The summed E-state index contributed by atoms with van der Waals surface area (Å²) in [5.74, 6) is -1.26. The maximum atomic E-state index is 11.8. The lowest BCUT2D eigenvalue weighted by Gasteiger charge is -2.16. The van der Waals surface area contributed by atoms with Gasteiger partial charge < -0.3 is 14.9 Å². The number of rotatable bonds is 3. The number of aliphatic carboxylic acids is 1. The van der Waals surface area contributed by atoms with Crippen LogP contribution in [0.1, 0.15) is 6.42 Å². The van der Waals surface area contributed by atoms with E-state index in [1.54, 1.807) is 24.3 Å². The summed E-state index contributed by atoms with van der Waals surface area (Å²) in [5.41, 5.74) is 0.502. The SMILES string of the molecule is O=C(Nc1cccc(Br)c1)O[C@@H]1C[C@@H](C(=O)O)N(C(=O)O)C1. The molecule has 0 unspecified atom stereocenters. The van der Waals surface area contributed by atoms with Crippen molar-refractivity contribution in [3.8, 4) is 0 Å². The van der Waals surface area contributed by atoms with Gasteiger partial charge in [-0.3, -0.25) is 10.2 Å². The Kier molecular flexibility index (Phi) is 4.86. The number of ether oxygens (including phenoxy) is 1. The van der Waals surface area contributed by atoms with Crippen LogP contribution < -0.4 is 5.32 Å². The minimum absolute atomic E-state index is 0.0759. The predicted octanol–water partition coefficient (Wildman–Crippen LogP) is 2.20. The van der Waals surface area contributed by atoms with Crippen LogP contribution in [0.15, 0.2) is 28.7 Å². The van der Waals surface area contributed by atoms with Crippen LogP contribution in [0.4, 0.5) is 15.3 Å². The normalized spacial score (nSPS) is 20.5. The minimum atomic E-state index is -1.36. The zero-order chi connectivity index (χ0) is 16.3. The predicted molar refractivity (Wildman–Crippen MR) is 78.8 cm³/mol. The van der Waals surface area contributed by atoms with Gasteiger partial charge in [-0.2, -0.15) is 0 Å². The fraction of sp³-hybridized carbons (Fsp3) is 0.308. The van der Waals surface area contributed by atoms with E-state index in [0.29, 0.717) is 5.69 Å². The van der Waals surface area contributed by atoms with Crippen LogP contribution in [-0.4, -0.2) is 52.0 Å². The molecule has 2 rings (SSSR count). The van der Waals surface area contributed by atoms with Crippen molar-refractivity contribution in [2.24, 2.45) is 0 Å². The highest BCUT2D eigenvalue weighted by molar-refractivity contribution is 9.10. The van der Waals surface area contributed by atoms with Gasteiger partial charge in [-0.1, -0.05) is 22.0 Å². The van der Waals surface area contributed by atoms with E-state index in [9.17, 15) is 14.4 Å². The smallest absolute Gasteiger partial charge is 0.411 e. The number of halogens is 1. The zero-order valence-electron chi connectivity index (χ0n) is 11.2. The summed E-state index contributed by atoms with van der Waals surface area (Å²) in [6, 6.07) is 5.63. The van der Waals surface area contributed by atoms with E-state index in [0.717, 1.165) is 9.37 Å². The van der Waals surface area contributed by atoms with Gasteiger partial charge in [0.15, 0.2) is 0 Å². The maximum Gasteiger partial charge on any atom is 0.411 e. The third kappa shape index (κ3) is 3.88. The Morgan fingerprint density at radius 3 is 2.59 bits per heavy atom. The molecule has 0 saturated carbocycles. The molecule has 1 aliphatic rings. The first-order valence-electron chi connectivity index (χ1n) is 6.32. The summed E-state index contributed by atoms with van der Waals surface area (Å²) in [7, 11) is 0. The third-order valence-electron chi connectivity index (χ3n) is 3.14. The average molecular weight is 373 g/mol. The van der Waals surface area contributed by atoms with E-state index in [1.165, 1.54) is 0 Å². The van der Waals surface area contributed by atoms with Gasteiger partial charge in [0.05, 0.1) is 6.54 Å². The van der Waals surface area contributed by atoms with Crippen LogP contribution in [0, 0.1) is 0 Å². The van der Waals surface area contributed by atoms with Crippen molar-refractivity contribution in [1.82, 2.24) is 4.90 Å². The molecule has 1 saturated heterocycles. The Bertz CT molecular complexity index is 586. The van der Waals surface area contributed by atoms with Gasteiger partial charge in [0.25, 0.3) is 0 Å². The molecule has 22 heavy (non-hydrogen) atoms. The quantitative estimate of drug-likeness (QED) is 0.748. The molecule has 2 amide bonds. The van der Waals surface area contributed by atoms with Gasteiger partial charge in [0.2, 0.25) is 0 Å². The van der Waals surface area contributed by atoms with Gasteiger partial charge in [-0.15, -0.1) is 0 Å². The summed E-state index contributed by atoms with van der Waals surface area (Å²) in [6.07, 6.45) is -3.00. The number of hydrogen-bond donors (Lipinski definition) is 3. The van der Waals surface area contributed by atoms with Gasteiger partial charge in [-0.25, -0.2) is 14.4 Å². The molecule has 1 aromatic carbocycles. The fourth-order valence-electron chi connectivity index (χ4n) is 2.19. The second-order valence-electron chi connectivity index (χ2n) is 4.69. The molecular weight excluding hydrogens is 360 g/mol.